The number of rotatable bonds is 10. The van der Waals surface area contributed by atoms with Crippen molar-refractivity contribution in [2.75, 3.05) is 10.2 Å². The van der Waals surface area contributed by atoms with Crippen molar-refractivity contribution >= 4 is 29.2 Å². The normalized spacial score (nSPS) is 11.6. The van der Waals surface area contributed by atoms with Crippen LogP contribution in [0.4, 0.5) is 15.9 Å². The van der Waals surface area contributed by atoms with E-state index in [4.69, 9.17) is 0 Å². The first kappa shape index (κ1) is 26.5. The van der Waals surface area contributed by atoms with Crippen molar-refractivity contribution in [1.82, 2.24) is 10.3 Å². The monoisotopic (exact) mass is 490 g/mol. The van der Waals surface area contributed by atoms with E-state index in [1.807, 2.05) is 32.9 Å². The van der Waals surface area contributed by atoms with Crippen molar-refractivity contribution in [3.05, 3.63) is 89.9 Å². The van der Waals surface area contributed by atoms with Crippen LogP contribution >= 0.6 is 0 Å². The average molecular weight is 491 g/mol. The molecule has 7 nitrogen and oxygen atoms in total. The van der Waals surface area contributed by atoms with Crippen molar-refractivity contribution in [3.63, 3.8) is 0 Å². The molecular formula is C28H31FN4O3. The predicted octanol–water partition coefficient (Wildman–Crippen LogP) is 4.80. The first-order valence-electron chi connectivity index (χ1n) is 12.0. The van der Waals surface area contributed by atoms with Crippen LogP contribution in [0.1, 0.15) is 50.8 Å². The Labute approximate surface area is 210 Å². The molecule has 0 aliphatic heterocycles. The SMILES string of the molecule is CCc1ccc(N(C(=O)CCC(=O)Nc2ccccn2)[C@H](C(=O)NC(C)C)c2ccc(F)cc2)cc1. The van der Waals surface area contributed by atoms with E-state index in [2.05, 4.69) is 15.6 Å². The van der Waals surface area contributed by atoms with E-state index >= 15 is 0 Å². The molecule has 2 N–H and O–H groups in total. The summed E-state index contributed by atoms with van der Waals surface area (Å²) < 4.78 is 13.7. The topological polar surface area (TPSA) is 91.4 Å². The van der Waals surface area contributed by atoms with Gasteiger partial charge in [-0.15, -0.1) is 0 Å². The number of pyridine rings is 1. The van der Waals surface area contributed by atoms with Crippen molar-refractivity contribution in [3.8, 4) is 0 Å². The Morgan fingerprint density at radius 3 is 2.22 bits per heavy atom. The van der Waals surface area contributed by atoms with Gasteiger partial charge in [-0.3, -0.25) is 19.3 Å². The number of benzene rings is 2. The maximum absolute atomic E-state index is 13.7. The number of nitrogens with one attached hydrogen (secondary N) is 2. The Morgan fingerprint density at radius 2 is 1.64 bits per heavy atom. The molecule has 3 rings (SSSR count). The highest BCUT2D eigenvalue weighted by Crippen LogP contribution is 2.30. The summed E-state index contributed by atoms with van der Waals surface area (Å²) in [5.41, 5.74) is 2.04. The van der Waals surface area contributed by atoms with E-state index in [0.29, 0.717) is 17.1 Å². The molecule has 0 spiro atoms. The van der Waals surface area contributed by atoms with E-state index in [9.17, 15) is 18.8 Å². The summed E-state index contributed by atoms with van der Waals surface area (Å²) in [6.45, 7) is 5.67. The molecule has 0 aliphatic carbocycles. The molecular weight excluding hydrogens is 459 g/mol. The highest BCUT2D eigenvalue weighted by atomic mass is 19.1. The summed E-state index contributed by atoms with van der Waals surface area (Å²) in [5.74, 6) is -1.24. The Morgan fingerprint density at radius 1 is 0.944 bits per heavy atom. The molecule has 1 heterocycles. The lowest BCUT2D eigenvalue weighted by Crippen LogP contribution is -2.46. The van der Waals surface area contributed by atoms with Crippen LogP contribution in [0.3, 0.4) is 0 Å². The van der Waals surface area contributed by atoms with Gasteiger partial charge in [-0.2, -0.15) is 0 Å². The number of amides is 3. The van der Waals surface area contributed by atoms with Crippen molar-refractivity contribution in [2.45, 2.75) is 52.1 Å². The number of nitrogens with zero attached hydrogens (tertiary/aromatic N) is 2. The summed E-state index contributed by atoms with van der Waals surface area (Å²) in [6.07, 6.45) is 2.14. The van der Waals surface area contributed by atoms with E-state index in [1.54, 1.807) is 36.5 Å². The Bertz CT molecular complexity index is 1170. The minimum Gasteiger partial charge on any atom is -0.352 e. The Balaban J connectivity index is 1.93. The minimum absolute atomic E-state index is 0.0963. The fourth-order valence-corrected chi connectivity index (χ4v) is 3.74. The lowest BCUT2D eigenvalue weighted by atomic mass is 10.0. The molecule has 0 aliphatic rings. The second-order valence-electron chi connectivity index (χ2n) is 8.66. The lowest BCUT2D eigenvalue weighted by molar-refractivity contribution is -0.127. The summed E-state index contributed by atoms with van der Waals surface area (Å²) in [7, 11) is 0. The molecule has 188 valence electrons. The number of halogens is 1. The summed E-state index contributed by atoms with van der Waals surface area (Å²) in [5, 5.41) is 5.53. The number of aryl methyl sites for hydroxylation is 1. The predicted molar refractivity (Wildman–Crippen MR) is 138 cm³/mol. The molecule has 0 radical (unpaired) electrons. The molecule has 0 unspecified atom stereocenters. The van der Waals surface area contributed by atoms with Gasteiger partial charge < -0.3 is 10.6 Å². The number of anilines is 2. The smallest absolute Gasteiger partial charge is 0.248 e. The first-order valence-corrected chi connectivity index (χ1v) is 12.0. The van der Waals surface area contributed by atoms with Gasteiger partial charge in [-0.05, 0) is 67.8 Å². The van der Waals surface area contributed by atoms with Crippen LogP contribution in [0.2, 0.25) is 0 Å². The van der Waals surface area contributed by atoms with Crippen molar-refractivity contribution in [2.24, 2.45) is 0 Å². The molecule has 8 heteroatoms. The van der Waals surface area contributed by atoms with Gasteiger partial charge in [-0.25, -0.2) is 9.37 Å². The zero-order valence-electron chi connectivity index (χ0n) is 20.7. The van der Waals surface area contributed by atoms with Gasteiger partial charge in [-0.1, -0.05) is 37.3 Å². The van der Waals surface area contributed by atoms with Gasteiger partial charge in [0.1, 0.15) is 17.7 Å². The van der Waals surface area contributed by atoms with Gasteiger partial charge in [0, 0.05) is 30.8 Å². The fourth-order valence-electron chi connectivity index (χ4n) is 3.74. The lowest BCUT2D eigenvalue weighted by Gasteiger charge is -2.32. The van der Waals surface area contributed by atoms with Gasteiger partial charge >= 0.3 is 0 Å². The molecule has 2 aromatic carbocycles. The largest absolute Gasteiger partial charge is 0.352 e. The summed E-state index contributed by atoms with van der Waals surface area (Å²) >= 11 is 0. The number of hydrogen-bond donors (Lipinski definition) is 2. The zero-order valence-corrected chi connectivity index (χ0v) is 20.7. The number of carbonyl (C=O) groups is 3. The molecule has 0 bridgehead atoms. The van der Waals surface area contributed by atoms with Gasteiger partial charge in [0.25, 0.3) is 0 Å². The molecule has 36 heavy (non-hydrogen) atoms. The van der Waals surface area contributed by atoms with Gasteiger partial charge in [0.2, 0.25) is 17.7 Å². The van der Waals surface area contributed by atoms with E-state index in [-0.39, 0.29) is 24.8 Å². The van der Waals surface area contributed by atoms with Crippen LogP contribution < -0.4 is 15.5 Å². The third kappa shape index (κ3) is 7.21. The molecule has 0 fully saturated rings. The highest BCUT2D eigenvalue weighted by molar-refractivity contribution is 6.03. The standard InChI is InChI=1S/C28H31FN4O3/c1-4-20-8-14-23(15-9-20)33(26(35)17-16-25(34)32-24-7-5-6-18-30-24)27(28(36)31-19(2)3)21-10-12-22(29)13-11-21/h5-15,18-19,27H,4,16-17H2,1-3H3,(H,31,36)(H,30,32,34)/t27-/m0/s1. The third-order valence-electron chi connectivity index (χ3n) is 5.51. The van der Waals surface area contributed by atoms with E-state index in [0.717, 1.165) is 12.0 Å². The molecule has 0 saturated heterocycles. The molecule has 1 aromatic heterocycles. The maximum atomic E-state index is 13.7. The fraction of sp³-hybridized carbons (Fsp3) is 0.286. The van der Waals surface area contributed by atoms with Crippen LogP contribution in [-0.2, 0) is 20.8 Å². The second kappa shape index (κ2) is 12.6. The minimum atomic E-state index is -1.05. The van der Waals surface area contributed by atoms with E-state index in [1.165, 1.54) is 29.2 Å². The first-order chi connectivity index (χ1) is 17.3. The highest BCUT2D eigenvalue weighted by Gasteiger charge is 2.33. The Kier molecular flexibility index (Phi) is 9.27. The quantitative estimate of drug-likeness (QED) is 0.427. The second-order valence-corrected chi connectivity index (χ2v) is 8.66. The molecule has 3 amide bonds. The van der Waals surface area contributed by atoms with Crippen LogP contribution in [0.25, 0.3) is 0 Å². The van der Waals surface area contributed by atoms with Crippen LogP contribution in [0.5, 0.6) is 0 Å². The molecule has 0 saturated carbocycles. The van der Waals surface area contributed by atoms with Crippen molar-refractivity contribution in [1.29, 1.82) is 0 Å². The molecule has 1 atom stereocenters. The third-order valence-corrected chi connectivity index (χ3v) is 5.51. The summed E-state index contributed by atoms with van der Waals surface area (Å²) in [4.78, 5) is 44.9. The van der Waals surface area contributed by atoms with Crippen LogP contribution in [-0.4, -0.2) is 28.7 Å². The molecule has 3 aromatic rings. The van der Waals surface area contributed by atoms with Crippen molar-refractivity contribution < 1.29 is 18.8 Å². The number of aromatic nitrogens is 1. The zero-order chi connectivity index (χ0) is 26.1. The van der Waals surface area contributed by atoms with Crippen LogP contribution in [0.15, 0.2) is 72.9 Å². The number of hydrogen-bond acceptors (Lipinski definition) is 4. The summed E-state index contributed by atoms with van der Waals surface area (Å²) in [6, 6.07) is 16.8. The average Bonchev–Trinajstić information content (AvgIpc) is 2.87. The van der Waals surface area contributed by atoms with Gasteiger partial charge in [0.15, 0.2) is 0 Å². The maximum Gasteiger partial charge on any atom is 0.248 e. The van der Waals surface area contributed by atoms with Gasteiger partial charge in [0.05, 0.1) is 0 Å². The number of carbonyl (C=O) groups excluding carboxylic acids is 3. The van der Waals surface area contributed by atoms with E-state index < -0.39 is 23.7 Å². The Hall–Kier alpha value is -4.07. The van der Waals surface area contributed by atoms with Crippen LogP contribution in [0, 0.1) is 5.82 Å².